The molecule has 4 N–H and O–H groups in total. The number of aliphatic imine (C=N–C) groups is 1. The summed E-state index contributed by atoms with van der Waals surface area (Å²) in [6, 6.07) is 7.20. The SMILES string of the molecule is CCNC(=NCC(C)(C)NC(=O)OC(C)(C)C)NCCc1cccc(O)c1.I. The molecule has 0 fully saturated rings. The molecule has 0 spiro atoms. The summed E-state index contributed by atoms with van der Waals surface area (Å²) >= 11 is 0. The molecule has 0 aliphatic heterocycles. The van der Waals surface area contributed by atoms with Crippen LogP contribution in [0.5, 0.6) is 5.75 Å². The fourth-order valence-electron chi connectivity index (χ4n) is 2.28. The van der Waals surface area contributed by atoms with E-state index in [-0.39, 0.29) is 29.7 Å². The smallest absolute Gasteiger partial charge is 0.408 e. The number of amides is 1. The number of halogens is 1. The van der Waals surface area contributed by atoms with Gasteiger partial charge in [0.05, 0.1) is 12.1 Å². The molecule has 0 atom stereocenters. The molecule has 0 unspecified atom stereocenters. The molecule has 28 heavy (non-hydrogen) atoms. The third-order valence-electron chi connectivity index (χ3n) is 3.43. The second kappa shape index (κ2) is 12.0. The number of phenolic OH excluding ortho intramolecular Hbond substituents is 1. The van der Waals surface area contributed by atoms with Crippen molar-refractivity contribution in [1.82, 2.24) is 16.0 Å². The molecule has 1 aromatic carbocycles. The summed E-state index contributed by atoms with van der Waals surface area (Å²) in [7, 11) is 0. The third kappa shape index (κ3) is 11.9. The van der Waals surface area contributed by atoms with E-state index in [0.717, 1.165) is 18.5 Å². The monoisotopic (exact) mass is 506 g/mol. The minimum Gasteiger partial charge on any atom is -0.508 e. The normalized spacial score (nSPS) is 12.0. The van der Waals surface area contributed by atoms with Crippen molar-refractivity contribution in [3.63, 3.8) is 0 Å². The Hall–Kier alpha value is -1.71. The lowest BCUT2D eigenvalue weighted by atomic mass is 10.1. The van der Waals surface area contributed by atoms with Gasteiger partial charge in [-0.15, -0.1) is 24.0 Å². The third-order valence-corrected chi connectivity index (χ3v) is 3.43. The summed E-state index contributed by atoms with van der Waals surface area (Å²) < 4.78 is 5.30. The second-order valence-corrected chi connectivity index (χ2v) is 8.05. The number of ether oxygens (including phenoxy) is 1. The predicted octanol–water partition coefficient (Wildman–Crippen LogP) is 3.41. The zero-order valence-electron chi connectivity index (χ0n) is 17.8. The molecule has 1 aromatic rings. The van der Waals surface area contributed by atoms with Crippen molar-refractivity contribution < 1.29 is 14.6 Å². The maximum atomic E-state index is 12.0. The number of rotatable bonds is 7. The Morgan fingerprint density at radius 1 is 1.18 bits per heavy atom. The highest BCUT2D eigenvalue weighted by molar-refractivity contribution is 14.0. The van der Waals surface area contributed by atoms with Crippen molar-refractivity contribution in [3.8, 4) is 5.75 Å². The van der Waals surface area contributed by atoms with E-state index in [1.165, 1.54) is 0 Å². The average Bonchev–Trinajstić information content (AvgIpc) is 2.50. The van der Waals surface area contributed by atoms with Crippen LogP contribution in [0.1, 0.15) is 47.1 Å². The number of benzene rings is 1. The Kier molecular flexibility index (Phi) is 11.2. The summed E-state index contributed by atoms with van der Waals surface area (Å²) in [4.78, 5) is 16.5. The van der Waals surface area contributed by atoms with E-state index in [9.17, 15) is 9.90 Å². The molecule has 0 aliphatic rings. The zero-order valence-corrected chi connectivity index (χ0v) is 20.1. The van der Waals surface area contributed by atoms with Crippen molar-refractivity contribution in [2.45, 2.75) is 59.1 Å². The van der Waals surface area contributed by atoms with E-state index < -0.39 is 17.2 Å². The van der Waals surface area contributed by atoms with Gasteiger partial charge < -0.3 is 25.8 Å². The standard InChI is InChI=1S/C20H34N4O3.HI/c1-7-21-17(22-12-11-15-9-8-10-16(25)13-15)23-14-20(5,6)24-18(26)27-19(2,3)4;/h8-10,13,25H,7,11-12,14H2,1-6H3,(H,24,26)(H2,21,22,23);1H. The number of alkyl carbamates (subject to hydrolysis) is 1. The van der Waals surface area contributed by atoms with E-state index in [1.54, 1.807) is 12.1 Å². The lowest BCUT2D eigenvalue weighted by molar-refractivity contribution is 0.0476. The number of guanidine groups is 1. The van der Waals surface area contributed by atoms with Crippen LogP contribution in [-0.2, 0) is 11.2 Å². The molecule has 0 heterocycles. The summed E-state index contributed by atoms with van der Waals surface area (Å²) in [6.45, 7) is 13.1. The minimum atomic E-state index is -0.546. The first kappa shape index (κ1) is 26.3. The number of carbonyl (C=O) groups is 1. The van der Waals surface area contributed by atoms with Gasteiger partial charge in [0.25, 0.3) is 0 Å². The van der Waals surface area contributed by atoms with Crippen LogP contribution < -0.4 is 16.0 Å². The highest BCUT2D eigenvalue weighted by Crippen LogP contribution is 2.11. The molecule has 7 nitrogen and oxygen atoms in total. The largest absolute Gasteiger partial charge is 0.508 e. The average molecular weight is 506 g/mol. The number of hydrogen-bond acceptors (Lipinski definition) is 4. The lowest BCUT2D eigenvalue weighted by Gasteiger charge is -2.27. The molecule has 0 saturated carbocycles. The van der Waals surface area contributed by atoms with Crippen LogP contribution in [0.15, 0.2) is 29.3 Å². The van der Waals surface area contributed by atoms with Gasteiger partial charge in [-0.25, -0.2) is 4.79 Å². The topological polar surface area (TPSA) is 95.0 Å². The van der Waals surface area contributed by atoms with Crippen LogP contribution in [0.3, 0.4) is 0 Å². The van der Waals surface area contributed by atoms with Gasteiger partial charge in [0.1, 0.15) is 11.4 Å². The van der Waals surface area contributed by atoms with Crippen molar-refractivity contribution in [2.75, 3.05) is 19.6 Å². The van der Waals surface area contributed by atoms with Crippen LogP contribution in [0, 0.1) is 0 Å². The van der Waals surface area contributed by atoms with Gasteiger partial charge in [-0.3, -0.25) is 4.99 Å². The van der Waals surface area contributed by atoms with Crippen LogP contribution >= 0.6 is 24.0 Å². The summed E-state index contributed by atoms with van der Waals surface area (Å²) in [5, 5.41) is 18.8. The maximum absolute atomic E-state index is 12.0. The second-order valence-electron chi connectivity index (χ2n) is 8.05. The number of carbonyl (C=O) groups excluding carboxylic acids is 1. The summed E-state index contributed by atoms with van der Waals surface area (Å²) in [6.07, 6.45) is 0.308. The number of phenols is 1. The van der Waals surface area contributed by atoms with Crippen LogP contribution in [0.25, 0.3) is 0 Å². The predicted molar refractivity (Wildman–Crippen MR) is 125 cm³/mol. The van der Waals surface area contributed by atoms with Gasteiger partial charge in [0, 0.05) is 13.1 Å². The number of aromatic hydroxyl groups is 1. The van der Waals surface area contributed by atoms with E-state index in [0.29, 0.717) is 19.0 Å². The fourth-order valence-corrected chi connectivity index (χ4v) is 2.28. The molecule has 0 bridgehead atoms. The first-order chi connectivity index (χ1) is 12.5. The van der Waals surface area contributed by atoms with Crippen molar-refractivity contribution in [3.05, 3.63) is 29.8 Å². The Labute approximate surface area is 185 Å². The number of hydrogen-bond donors (Lipinski definition) is 4. The molecule has 0 aliphatic carbocycles. The van der Waals surface area contributed by atoms with E-state index in [4.69, 9.17) is 4.74 Å². The fraction of sp³-hybridized carbons (Fsp3) is 0.600. The number of nitrogens with one attached hydrogen (secondary N) is 3. The van der Waals surface area contributed by atoms with Crippen LogP contribution in [0.4, 0.5) is 4.79 Å². The summed E-state index contributed by atoms with van der Waals surface area (Å²) in [5.74, 6) is 0.944. The van der Waals surface area contributed by atoms with Crippen LogP contribution in [-0.4, -0.2) is 47.9 Å². The molecule has 1 amide bonds. The maximum Gasteiger partial charge on any atom is 0.408 e. The lowest BCUT2D eigenvalue weighted by Crippen LogP contribution is -2.49. The molecule has 0 aromatic heterocycles. The van der Waals surface area contributed by atoms with Gasteiger partial charge in [0.15, 0.2) is 5.96 Å². The van der Waals surface area contributed by atoms with E-state index in [1.807, 2.05) is 53.7 Å². The van der Waals surface area contributed by atoms with Gasteiger partial charge in [-0.1, -0.05) is 12.1 Å². The summed E-state index contributed by atoms with van der Waals surface area (Å²) in [5.41, 5.74) is -0.0351. The molecule has 1 rings (SSSR count). The Bertz CT molecular complexity index is 643. The van der Waals surface area contributed by atoms with Gasteiger partial charge >= 0.3 is 6.09 Å². The van der Waals surface area contributed by atoms with E-state index in [2.05, 4.69) is 20.9 Å². The zero-order chi connectivity index (χ0) is 20.5. The number of nitrogens with zero attached hydrogens (tertiary/aromatic N) is 1. The quantitative estimate of drug-likeness (QED) is 0.258. The minimum absolute atomic E-state index is 0. The molecular weight excluding hydrogens is 471 g/mol. The Balaban J connectivity index is 0.00000729. The van der Waals surface area contributed by atoms with E-state index >= 15 is 0 Å². The first-order valence-corrected chi connectivity index (χ1v) is 9.32. The molecule has 8 heteroatoms. The molecule has 0 radical (unpaired) electrons. The van der Waals surface area contributed by atoms with Gasteiger partial charge in [-0.05, 0) is 65.7 Å². The van der Waals surface area contributed by atoms with Gasteiger partial charge in [-0.2, -0.15) is 0 Å². The molecular formula is C20H35IN4O3. The highest BCUT2D eigenvalue weighted by Gasteiger charge is 2.24. The molecule has 0 saturated heterocycles. The highest BCUT2D eigenvalue weighted by atomic mass is 127. The van der Waals surface area contributed by atoms with Crippen LogP contribution in [0.2, 0.25) is 0 Å². The van der Waals surface area contributed by atoms with Crippen molar-refractivity contribution in [2.24, 2.45) is 4.99 Å². The Morgan fingerprint density at radius 2 is 1.86 bits per heavy atom. The van der Waals surface area contributed by atoms with Gasteiger partial charge in [0.2, 0.25) is 0 Å². The molecule has 160 valence electrons. The Morgan fingerprint density at radius 3 is 2.43 bits per heavy atom. The van der Waals surface area contributed by atoms with Crippen molar-refractivity contribution in [1.29, 1.82) is 0 Å². The van der Waals surface area contributed by atoms with Crippen molar-refractivity contribution >= 4 is 36.0 Å². The first-order valence-electron chi connectivity index (χ1n) is 9.32.